The van der Waals surface area contributed by atoms with Crippen LogP contribution in [0.2, 0.25) is 0 Å². The van der Waals surface area contributed by atoms with Crippen molar-refractivity contribution in [2.24, 2.45) is 0 Å². The Morgan fingerprint density at radius 3 is 1.03 bits per heavy atom. The summed E-state index contributed by atoms with van der Waals surface area (Å²) in [4.78, 5) is 9.88. The number of phenols is 2. The van der Waals surface area contributed by atoms with Crippen LogP contribution in [0.25, 0.3) is 0 Å². The molecule has 156 valence electrons. The van der Waals surface area contributed by atoms with Crippen LogP contribution in [-0.4, -0.2) is 69.8 Å². The van der Waals surface area contributed by atoms with E-state index >= 15 is 0 Å². The van der Waals surface area contributed by atoms with Crippen LogP contribution in [0.15, 0.2) is 42.2 Å². The molecule has 2 N–H and O–H groups in total. The van der Waals surface area contributed by atoms with E-state index in [1.54, 1.807) is 0 Å². The molecule has 0 saturated carbocycles. The first-order chi connectivity index (χ1) is 13.8. The molecule has 6 rings (SSSR count). The van der Waals surface area contributed by atoms with E-state index in [0.29, 0.717) is 24.3 Å². The number of nitrogens with zero attached hydrogens (tertiary/aromatic N) is 4. The number of phenolic OH excluding ortho intramolecular Hbond substituents is 2. The minimum absolute atomic E-state index is 0.191. The van der Waals surface area contributed by atoms with Gasteiger partial charge in [0, 0.05) is 0 Å². The predicted octanol–water partition coefficient (Wildman–Crippen LogP) is 4.72. The van der Waals surface area contributed by atoms with Gasteiger partial charge in [0.1, 0.15) is 11.5 Å². The van der Waals surface area contributed by atoms with E-state index in [4.69, 9.17) is 0 Å². The Bertz CT molecular complexity index is 769. The molecule has 2 aromatic rings. The van der Waals surface area contributed by atoms with Gasteiger partial charge in [-0.1, -0.05) is 0 Å². The van der Waals surface area contributed by atoms with Crippen molar-refractivity contribution in [1.82, 2.24) is 19.6 Å². The lowest BCUT2D eigenvalue weighted by Crippen LogP contribution is -2.71. The van der Waals surface area contributed by atoms with Gasteiger partial charge in [0.2, 0.25) is 0 Å². The number of aromatic hydroxyl groups is 2. The molecule has 0 amide bonds. The predicted molar refractivity (Wildman–Crippen MR) is 126 cm³/mol. The topological polar surface area (TPSA) is 53.4 Å². The largest absolute Gasteiger partial charge is 0.506 e. The van der Waals surface area contributed by atoms with Gasteiger partial charge in [0.05, 0.1) is 57.9 Å². The van der Waals surface area contributed by atoms with Crippen molar-refractivity contribution in [1.29, 1.82) is 0 Å². The molecule has 4 bridgehead atoms. The van der Waals surface area contributed by atoms with Crippen LogP contribution in [0.1, 0.15) is 11.1 Å². The summed E-state index contributed by atoms with van der Waals surface area (Å²) in [7, 11) is 0. The maximum absolute atomic E-state index is 9.68. The number of benzene rings is 2. The van der Waals surface area contributed by atoms with Crippen molar-refractivity contribution in [2.75, 3.05) is 40.0 Å². The highest BCUT2D eigenvalue weighted by Crippen LogP contribution is 2.36. The zero-order chi connectivity index (χ0) is 20.7. The van der Waals surface area contributed by atoms with Crippen molar-refractivity contribution >= 4 is 63.7 Å². The minimum atomic E-state index is 0.191. The third-order valence-electron chi connectivity index (χ3n) is 4.96. The molecule has 0 aromatic heterocycles. The molecule has 0 atom stereocenters. The molecule has 10 heteroatoms. The molecule has 4 aliphatic heterocycles. The SMILES string of the molecule is C1N2CN3CN1CN(C2)C3.Oc1c(Br)cc(Cc2cc(Br)c(O)c(Br)c2)cc1Br. The maximum atomic E-state index is 9.68. The van der Waals surface area contributed by atoms with E-state index in [2.05, 4.69) is 83.3 Å². The van der Waals surface area contributed by atoms with E-state index in [0.717, 1.165) is 11.1 Å². The average Bonchev–Trinajstić information content (AvgIpc) is 2.63. The highest BCUT2D eigenvalue weighted by Gasteiger charge is 2.36. The van der Waals surface area contributed by atoms with Crippen LogP contribution in [-0.2, 0) is 6.42 Å². The third kappa shape index (κ3) is 5.17. The van der Waals surface area contributed by atoms with Gasteiger partial charge in [-0.2, -0.15) is 0 Å². The Labute approximate surface area is 203 Å². The Morgan fingerprint density at radius 2 is 0.793 bits per heavy atom. The van der Waals surface area contributed by atoms with E-state index in [-0.39, 0.29) is 11.5 Å². The van der Waals surface area contributed by atoms with E-state index in [1.807, 2.05) is 24.3 Å². The molecule has 0 spiro atoms. The molecule has 4 heterocycles. The minimum Gasteiger partial charge on any atom is -0.506 e. The summed E-state index contributed by atoms with van der Waals surface area (Å²) < 4.78 is 2.59. The lowest BCUT2D eigenvalue weighted by atomic mass is 10.0. The fourth-order valence-corrected chi connectivity index (χ4v) is 6.47. The molecule has 0 unspecified atom stereocenters. The van der Waals surface area contributed by atoms with Crippen LogP contribution in [0.3, 0.4) is 0 Å². The second kappa shape index (κ2) is 9.12. The highest BCUT2D eigenvalue weighted by molar-refractivity contribution is 9.11. The molecule has 0 aliphatic carbocycles. The summed E-state index contributed by atoms with van der Waals surface area (Å²) in [6.07, 6.45) is 0.689. The van der Waals surface area contributed by atoms with Gasteiger partial charge in [-0.05, 0) is 106 Å². The van der Waals surface area contributed by atoms with Crippen molar-refractivity contribution in [3.63, 3.8) is 0 Å². The van der Waals surface area contributed by atoms with Crippen LogP contribution < -0.4 is 0 Å². The van der Waals surface area contributed by atoms with E-state index in [9.17, 15) is 10.2 Å². The van der Waals surface area contributed by atoms with Gasteiger partial charge in [-0.25, -0.2) is 0 Å². The Morgan fingerprint density at radius 1 is 0.552 bits per heavy atom. The van der Waals surface area contributed by atoms with Crippen molar-refractivity contribution in [2.45, 2.75) is 6.42 Å². The second-order valence-electron chi connectivity index (χ2n) is 7.52. The van der Waals surface area contributed by atoms with Crippen molar-refractivity contribution in [3.05, 3.63) is 53.3 Å². The second-order valence-corrected chi connectivity index (χ2v) is 10.9. The van der Waals surface area contributed by atoms with Crippen LogP contribution in [0, 0.1) is 0 Å². The van der Waals surface area contributed by atoms with Gasteiger partial charge >= 0.3 is 0 Å². The molecule has 4 saturated heterocycles. The number of hydrogen-bond donors (Lipinski definition) is 2. The van der Waals surface area contributed by atoms with Crippen LogP contribution in [0.5, 0.6) is 11.5 Å². The fraction of sp³-hybridized carbons (Fsp3) is 0.368. The van der Waals surface area contributed by atoms with Gasteiger partial charge in [0.15, 0.2) is 0 Å². The molecular weight excluding hydrogens is 636 g/mol. The van der Waals surface area contributed by atoms with Gasteiger partial charge < -0.3 is 10.2 Å². The fourth-order valence-electron chi connectivity index (χ4n) is 3.91. The van der Waals surface area contributed by atoms with Gasteiger partial charge in [-0.15, -0.1) is 0 Å². The maximum Gasteiger partial charge on any atom is 0.143 e. The lowest BCUT2D eigenvalue weighted by molar-refractivity contribution is -0.194. The van der Waals surface area contributed by atoms with E-state index in [1.165, 1.54) is 40.0 Å². The molecule has 0 radical (unpaired) electrons. The molecular formula is C19H20Br4N4O2. The average molecular weight is 656 g/mol. The summed E-state index contributed by atoms with van der Waals surface area (Å²) >= 11 is 13.2. The zero-order valence-corrected chi connectivity index (χ0v) is 21.8. The van der Waals surface area contributed by atoms with Crippen LogP contribution >= 0.6 is 63.7 Å². The zero-order valence-electron chi connectivity index (χ0n) is 15.5. The Hall–Kier alpha value is -0.200. The standard InChI is InChI=1S/C13H8Br4O2.C6H12N4/c14-8-2-6(3-9(15)12(8)18)1-7-4-10(16)13(19)11(17)5-7;1-7-2-9-4-8(1)5-10(3-7)6-9/h2-5,18-19H,1H2;1-6H2. The summed E-state index contributed by atoms with van der Waals surface area (Å²) in [6, 6.07) is 7.48. The number of halogens is 4. The van der Waals surface area contributed by atoms with Gasteiger partial charge in [0.25, 0.3) is 0 Å². The Balaban J connectivity index is 0.000000168. The summed E-state index contributed by atoms with van der Waals surface area (Å²) in [5.74, 6) is 0.383. The number of rotatable bonds is 2. The molecule has 6 nitrogen and oxygen atoms in total. The molecule has 4 aliphatic rings. The molecule has 4 fully saturated rings. The monoisotopic (exact) mass is 652 g/mol. The molecule has 2 aromatic carbocycles. The Kier molecular flexibility index (Phi) is 6.92. The first-order valence-corrected chi connectivity index (χ1v) is 12.2. The van der Waals surface area contributed by atoms with Crippen molar-refractivity contribution in [3.8, 4) is 11.5 Å². The quantitative estimate of drug-likeness (QED) is 0.489. The summed E-state index contributed by atoms with van der Waals surface area (Å²) in [6.45, 7) is 7.12. The van der Waals surface area contributed by atoms with Crippen LogP contribution in [0.4, 0.5) is 0 Å². The van der Waals surface area contributed by atoms with E-state index < -0.39 is 0 Å². The molecule has 29 heavy (non-hydrogen) atoms. The third-order valence-corrected chi connectivity index (χ3v) is 7.38. The van der Waals surface area contributed by atoms with Crippen molar-refractivity contribution < 1.29 is 10.2 Å². The number of hydrogen-bond acceptors (Lipinski definition) is 6. The lowest BCUT2D eigenvalue weighted by Gasteiger charge is -2.56. The summed E-state index contributed by atoms with van der Waals surface area (Å²) in [5.41, 5.74) is 2.09. The highest BCUT2D eigenvalue weighted by atomic mass is 79.9. The normalized spacial score (nSPS) is 26.9. The smallest absolute Gasteiger partial charge is 0.143 e. The summed E-state index contributed by atoms with van der Waals surface area (Å²) in [5, 5.41) is 19.4. The van der Waals surface area contributed by atoms with Gasteiger partial charge in [-0.3, -0.25) is 19.6 Å². The first-order valence-electron chi connectivity index (χ1n) is 9.01. The first kappa shape index (κ1) is 22.0.